The van der Waals surface area contributed by atoms with Crippen molar-refractivity contribution in [1.82, 2.24) is 4.90 Å². The lowest BCUT2D eigenvalue weighted by Gasteiger charge is -2.26. The van der Waals surface area contributed by atoms with Crippen molar-refractivity contribution in [3.63, 3.8) is 0 Å². The third kappa shape index (κ3) is 4.34. The molecule has 1 atom stereocenters. The molecule has 0 spiro atoms. The zero-order valence-electron chi connectivity index (χ0n) is 16.5. The van der Waals surface area contributed by atoms with Gasteiger partial charge in [-0.2, -0.15) is 0 Å². The Labute approximate surface area is 165 Å². The second-order valence-corrected chi connectivity index (χ2v) is 7.17. The molecule has 6 nitrogen and oxygen atoms in total. The van der Waals surface area contributed by atoms with E-state index in [1.54, 1.807) is 14.2 Å². The Kier molecular flexibility index (Phi) is 5.88. The van der Waals surface area contributed by atoms with Crippen molar-refractivity contribution in [1.29, 1.82) is 0 Å². The number of ether oxygens (including phenoxy) is 5. The van der Waals surface area contributed by atoms with Gasteiger partial charge in [-0.3, -0.25) is 4.90 Å². The fraction of sp³-hybridized carbons (Fsp3) is 0.455. The van der Waals surface area contributed by atoms with Crippen LogP contribution in [0.4, 0.5) is 0 Å². The number of methoxy groups -OCH3 is 2. The fourth-order valence-electron chi connectivity index (χ4n) is 3.77. The molecule has 150 valence electrons. The smallest absolute Gasteiger partial charge is 0.231 e. The third-order valence-corrected chi connectivity index (χ3v) is 5.22. The molecule has 0 amide bonds. The Morgan fingerprint density at radius 2 is 1.79 bits per heavy atom. The summed E-state index contributed by atoms with van der Waals surface area (Å²) in [7, 11) is 3.37. The predicted octanol–water partition coefficient (Wildman–Crippen LogP) is 3.61. The maximum absolute atomic E-state index is 5.89. The first kappa shape index (κ1) is 18.9. The second kappa shape index (κ2) is 8.71. The van der Waals surface area contributed by atoms with Crippen LogP contribution in [0.3, 0.4) is 0 Å². The molecule has 0 N–H and O–H groups in total. The van der Waals surface area contributed by atoms with E-state index in [-0.39, 0.29) is 12.9 Å². The highest BCUT2D eigenvalue weighted by Gasteiger charge is 2.23. The van der Waals surface area contributed by atoms with E-state index >= 15 is 0 Å². The lowest BCUT2D eigenvalue weighted by atomic mass is 10.1. The lowest BCUT2D eigenvalue weighted by Crippen LogP contribution is -2.31. The van der Waals surface area contributed by atoms with Gasteiger partial charge in [0.1, 0.15) is 11.5 Å². The van der Waals surface area contributed by atoms with Gasteiger partial charge < -0.3 is 23.7 Å². The molecule has 2 aromatic carbocycles. The standard InChI is InChI=1S/C22H27NO5/c1-24-18-7-5-16(6-8-18)12-23(14-19-4-3-9-26-19)13-17-10-21-22(28-15-27-21)11-20(17)25-2/h5-8,10-11,19H,3-4,9,12-15H2,1-2H3. The van der Waals surface area contributed by atoms with Crippen molar-refractivity contribution >= 4 is 0 Å². The van der Waals surface area contributed by atoms with Crippen LogP contribution < -0.4 is 18.9 Å². The first-order valence-electron chi connectivity index (χ1n) is 9.68. The molecule has 0 bridgehead atoms. The number of hydrogen-bond donors (Lipinski definition) is 0. The molecule has 2 heterocycles. The van der Waals surface area contributed by atoms with Gasteiger partial charge in [-0.1, -0.05) is 12.1 Å². The summed E-state index contributed by atoms with van der Waals surface area (Å²) in [5.41, 5.74) is 2.32. The average molecular weight is 385 g/mol. The Morgan fingerprint density at radius 1 is 1.00 bits per heavy atom. The van der Waals surface area contributed by atoms with Crippen LogP contribution in [0.1, 0.15) is 24.0 Å². The summed E-state index contributed by atoms with van der Waals surface area (Å²) >= 11 is 0. The van der Waals surface area contributed by atoms with Gasteiger partial charge in [-0.15, -0.1) is 0 Å². The van der Waals surface area contributed by atoms with Gasteiger partial charge in [-0.25, -0.2) is 0 Å². The van der Waals surface area contributed by atoms with Gasteiger partial charge in [0, 0.05) is 37.9 Å². The van der Waals surface area contributed by atoms with Gasteiger partial charge in [0.05, 0.1) is 20.3 Å². The van der Waals surface area contributed by atoms with Gasteiger partial charge in [0.15, 0.2) is 11.5 Å². The summed E-state index contributed by atoms with van der Waals surface area (Å²) in [5.74, 6) is 3.20. The van der Waals surface area contributed by atoms with Crippen molar-refractivity contribution < 1.29 is 23.7 Å². The lowest BCUT2D eigenvalue weighted by molar-refractivity contribution is 0.0676. The van der Waals surface area contributed by atoms with Crippen molar-refractivity contribution in [2.75, 3.05) is 34.2 Å². The Morgan fingerprint density at radius 3 is 2.46 bits per heavy atom. The van der Waals surface area contributed by atoms with E-state index in [4.69, 9.17) is 23.7 Å². The minimum atomic E-state index is 0.257. The molecule has 1 saturated heterocycles. The van der Waals surface area contributed by atoms with Crippen molar-refractivity contribution in [3.05, 3.63) is 47.5 Å². The predicted molar refractivity (Wildman–Crippen MR) is 105 cm³/mol. The van der Waals surface area contributed by atoms with Crippen molar-refractivity contribution in [3.8, 4) is 23.0 Å². The number of rotatable bonds is 8. The molecule has 2 aliphatic rings. The number of hydrogen-bond acceptors (Lipinski definition) is 6. The average Bonchev–Trinajstić information content (AvgIpc) is 3.39. The van der Waals surface area contributed by atoms with Gasteiger partial charge >= 0.3 is 0 Å². The van der Waals surface area contributed by atoms with Crippen LogP contribution in [0.2, 0.25) is 0 Å². The van der Waals surface area contributed by atoms with E-state index in [0.717, 1.165) is 67.6 Å². The molecule has 0 aliphatic carbocycles. The summed E-state index contributed by atoms with van der Waals surface area (Å²) in [6.45, 7) is 3.55. The van der Waals surface area contributed by atoms with E-state index in [1.807, 2.05) is 24.3 Å². The zero-order valence-corrected chi connectivity index (χ0v) is 16.5. The van der Waals surface area contributed by atoms with Crippen LogP contribution in [-0.4, -0.2) is 45.2 Å². The van der Waals surface area contributed by atoms with E-state index in [9.17, 15) is 0 Å². The minimum absolute atomic E-state index is 0.257. The largest absolute Gasteiger partial charge is 0.497 e. The molecular formula is C22H27NO5. The molecule has 2 aromatic rings. The molecule has 28 heavy (non-hydrogen) atoms. The van der Waals surface area contributed by atoms with E-state index in [0.29, 0.717) is 0 Å². The Balaban J connectivity index is 1.54. The normalized spacial score (nSPS) is 17.9. The molecular weight excluding hydrogens is 358 g/mol. The van der Waals surface area contributed by atoms with Crippen LogP contribution in [0.25, 0.3) is 0 Å². The second-order valence-electron chi connectivity index (χ2n) is 7.17. The molecule has 1 unspecified atom stereocenters. The first-order valence-corrected chi connectivity index (χ1v) is 9.68. The zero-order chi connectivity index (χ0) is 19.3. The van der Waals surface area contributed by atoms with E-state index in [1.165, 1.54) is 5.56 Å². The monoisotopic (exact) mass is 385 g/mol. The molecule has 0 aromatic heterocycles. The van der Waals surface area contributed by atoms with Crippen LogP contribution in [-0.2, 0) is 17.8 Å². The summed E-state index contributed by atoms with van der Waals surface area (Å²) in [5, 5.41) is 0. The van der Waals surface area contributed by atoms with Crippen molar-refractivity contribution in [2.24, 2.45) is 0 Å². The topological polar surface area (TPSA) is 49.4 Å². The third-order valence-electron chi connectivity index (χ3n) is 5.22. The van der Waals surface area contributed by atoms with Crippen LogP contribution in [0.15, 0.2) is 36.4 Å². The molecule has 4 rings (SSSR count). The first-order chi connectivity index (χ1) is 13.7. The van der Waals surface area contributed by atoms with Gasteiger partial charge in [0.25, 0.3) is 0 Å². The molecule has 0 saturated carbocycles. The van der Waals surface area contributed by atoms with Crippen LogP contribution in [0, 0.1) is 0 Å². The highest BCUT2D eigenvalue weighted by atomic mass is 16.7. The summed E-state index contributed by atoms with van der Waals surface area (Å²) in [6.07, 6.45) is 2.52. The Bertz CT molecular complexity index is 786. The maximum Gasteiger partial charge on any atom is 0.231 e. The molecule has 2 aliphatic heterocycles. The Hall–Kier alpha value is -2.44. The van der Waals surface area contributed by atoms with Gasteiger partial charge in [0.2, 0.25) is 6.79 Å². The molecule has 1 fully saturated rings. The fourth-order valence-corrected chi connectivity index (χ4v) is 3.77. The summed E-state index contributed by atoms with van der Waals surface area (Å²) in [4.78, 5) is 2.40. The SMILES string of the molecule is COc1ccc(CN(Cc2cc3c(cc2OC)OCO3)CC2CCCO2)cc1. The van der Waals surface area contributed by atoms with Gasteiger partial charge in [-0.05, 0) is 36.6 Å². The maximum atomic E-state index is 5.89. The van der Waals surface area contributed by atoms with E-state index < -0.39 is 0 Å². The van der Waals surface area contributed by atoms with Crippen LogP contribution in [0.5, 0.6) is 23.0 Å². The number of fused-ring (bicyclic) bond motifs is 1. The highest BCUT2D eigenvalue weighted by Crippen LogP contribution is 2.38. The minimum Gasteiger partial charge on any atom is -0.497 e. The molecule has 6 heteroatoms. The summed E-state index contributed by atoms with van der Waals surface area (Å²) < 4.78 is 27.8. The quantitative estimate of drug-likeness (QED) is 0.692. The molecule has 0 radical (unpaired) electrons. The van der Waals surface area contributed by atoms with E-state index in [2.05, 4.69) is 17.0 Å². The van der Waals surface area contributed by atoms with Crippen LogP contribution >= 0.6 is 0 Å². The highest BCUT2D eigenvalue weighted by molar-refractivity contribution is 5.51. The number of nitrogens with zero attached hydrogens (tertiary/aromatic N) is 1. The van der Waals surface area contributed by atoms with Crippen molar-refractivity contribution in [2.45, 2.75) is 32.0 Å². The number of benzene rings is 2. The summed E-state index contributed by atoms with van der Waals surface area (Å²) in [6, 6.07) is 12.2.